The van der Waals surface area contributed by atoms with Crippen molar-refractivity contribution in [3.05, 3.63) is 0 Å². The summed E-state index contributed by atoms with van der Waals surface area (Å²) >= 11 is 1.92. The number of likely N-dealkylation sites (tertiary alicyclic amines) is 1. The summed E-state index contributed by atoms with van der Waals surface area (Å²) in [6, 6.07) is 0.322. The van der Waals surface area contributed by atoms with Crippen molar-refractivity contribution < 1.29 is 9.59 Å². The Bertz CT molecular complexity index is 348. The van der Waals surface area contributed by atoms with E-state index in [1.54, 1.807) is 19.0 Å². The molecule has 2 aliphatic heterocycles. The SMILES string of the molecule is CN(C)C(=O)C1CCN(C(=O)CC2CSCCN2)CC1. The lowest BCUT2D eigenvalue weighted by Gasteiger charge is -2.33. The fourth-order valence-electron chi connectivity index (χ4n) is 2.83. The highest BCUT2D eigenvalue weighted by atomic mass is 32.2. The molecule has 0 aliphatic carbocycles. The van der Waals surface area contributed by atoms with Gasteiger partial charge in [-0.05, 0) is 12.8 Å². The molecular weight excluding hydrogens is 274 g/mol. The molecule has 6 heteroatoms. The molecule has 0 saturated carbocycles. The maximum Gasteiger partial charge on any atom is 0.225 e. The van der Waals surface area contributed by atoms with E-state index in [0.29, 0.717) is 12.5 Å². The number of nitrogens with zero attached hydrogens (tertiary/aromatic N) is 2. The van der Waals surface area contributed by atoms with Crippen LogP contribution in [-0.2, 0) is 9.59 Å². The summed E-state index contributed by atoms with van der Waals surface area (Å²) in [5.74, 6) is 2.70. The second kappa shape index (κ2) is 7.31. The van der Waals surface area contributed by atoms with Gasteiger partial charge in [0.1, 0.15) is 0 Å². The predicted molar refractivity (Wildman–Crippen MR) is 81.7 cm³/mol. The first kappa shape index (κ1) is 15.6. The molecule has 2 amide bonds. The molecule has 5 nitrogen and oxygen atoms in total. The standard InChI is InChI=1S/C14H25N3O2S/c1-16(2)14(19)11-3-6-17(7-4-11)13(18)9-12-10-20-8-5-15-12/h11-12,15H,3-10H2,1-2H3. The first-order chi connectivity index (χ1) is 9.58. The molecule has 0 radical (unpaired) electrons. The van der Waals surface area contributed by atoms with Crippen molar-refractivity contribution >= 4 is 23.6 Å². The van der Waals surface area contributed by atoms with Crippen LogP contribution in [0.15, 0.2) is 0 Å². The topological polar surface area (TPSA) is 52.7 Å². The zero-order valence-electron chi connectivity index (χ0n) is 12.4. The Morgan fingerprint density at radius 2 is 2.00 bits per heavy atom. The average molecular weight is 299 g/mol. The summed E-state index contributed by atoms with van der Waals surface area (Å²) in [5.41, 5.74) is 0. The maximum absolute atomic E-state index is 12.3. The molecule has 2 fully saturated rings. The fraction of sp³-hybridized carbons (Fsp3) is 0.857. The second-order valence-corrected chi connectivity index (χ2v) is 6.97. The van der Waals surface area contributed by atoms with Crippen LogP contribution in [-0.4, -0.2) is 72.9 Å². The van der Waals surface area contributed by atoms with Gasteiger partial charge in [0.05, 0.1) is 0 Å². The van der Waals surface area contributed by atoms with Gasteiger partial charge in [0, 0.05) is 63.6 Å². The van der Waals surface area contributed by atoms with E-state index < -0.39 is 0 Å². The van der Waals surface area contributed by atoms with Crippen molar-refractivity contribution in [3.63, 3.8) is 0 Å². The number of hydrogen-bond acceptors (Lipinski definition) is 4. The number of amides is 2. The van der Waals surface area contributed by atoms with Gasteiger partial charge in [-0.25, -0.2) is 0 Å². The van der Waals surface area contributed by atoms with E-state index in [-0.39, 0.29) is 17.7 Å². The van der Waals surface area contributed by atoms with Gasteiger partial charge in [-0.2, -0.15) is 11.8 Å². The normalized spacial score (nSPS) is 24.5. The van der Waals surface area contributed by atoms with Gasteiger partial charge in [-0.1, -0.05) is 0 Å². The third-order valence-electron chi connectivity index (χ3n) is 4.06. The van der Waals surface area contributed by atoms with Crippen LogP contribution in [0, 0.1) is 5.92 Å². The highest BCUT2D eigenvalue weighted by Gasteiger charge is 2.29. The minimum absolute atomic E-state index is 0.0948. The summed E-state index contributed by atoms with van der Waals surface area (Å²) in [5, 5.41) is 3.40. The van der Waals surface area contributed by atoms with Gasteiger partial charge in [0.25, 0.3) is 0 Å². The van der Waals surface area contributed by atoms with Crippen LogP contribution < -0.4 is 5.32 Å². The molecule has 0 aromatic rings. The number of rotatable bonds is 3. The molecule has 1 N–H and O–H groups in total. The molecule has 0 bridgehead atoms. The number of carbonyl (C=O) groups is 2. The van der Waals surface area contributed by atoms with Gasteiger partial charge in [0.15, 0.2) is 0 Å². The van der Waals surface area contributed by atoms with Gasteiger partial charge in [-0.15, -0.1) is 0 Å². The van der Waals surface area contributed by atoms with Crippen LogP contribution in [0.5, 0.6) is 0 Å². The van der Waals surface area contributed by atoms with E-state index in [0.717, 1.165) is 44.0 Å². The zero-order chi connectivity index (χ0) is 14.5. The number of thioether (sulfide) groups is 1. The zero-order valence-corrected chi connectivity index (χ0v) is 13.2. The first-order valence-corrected chi connectivity index (χ1v) is 8.53. The molecule has 1 atom stereocenters. The Labute approximate surface area is 125 Å². The van der Waals surface area contributed by atoms with Crippen LogP contribution in [0.4, 0.5) is 0 Å². The van der Waals surface area contributed by atoms with E-state index >= 15 is 0 Å². The summed E-state index contributed by atoms with van der Waals surface area (Å²) in [7, 11) is 3.60. The molecule has 20 heavy (non-hydrogen) atoms. The molecule has 114 valence electrons. The molecular formula is C14H25N3O2S. The van der Waals surface area contributed by atoms with E-state index in [2.05, 4.69) is 5.32 Å². The van der Waals surface area contributed by atoms with Crippen LogP contribution in [0.2, 0.25) is 0 Å². The molecule has 1 unspecified atom stereocenters. The summed E-state index contributed by atoms with van der Waals surface area (Å²) in [6.45, 7) is 2.45. The highest BCUT2D eigenvalue weighted by Crippen LogP contribution is 2.20. The Morgan fingerprint density at radius 1 is 1.30 bits per heavy atom. The number of piperidine rings is 1. The third kappa shape index (κ3) is 4.12. The van der Waals surface area contributed by atoms with Crippen molar-refractivity contribution in [1.29, 1.82) is 0 Å². The second-order valence-electron chi connectivity index (χ2n) is 5.82. The van der Waals surface area contributed by atoms with Gasteiger partial charge < -0.3 is 15.1 Å². The summed E-state index contributed by atoms with van der Waals surface area (Å²) in [6.07, 6.45) is 2.20. The fourth-order valence-corrected chi connectivity index (χ4v) is 3.78. The molecule has 0 aromatic heterocycles. The first-order valence-electron chi connectivity index (χ1n) is 7.38. The Kier molecular flexibility index (Phi) is 5.72. The number of carbonyl (C=O) groups excluding carboxylic acids is 2. The molecule has 2 heterocycles. The van der Waals surface area contributed by atoms with Gasteiger partial charge >= 0.3 is 0 Å². The molecule has 2 aliphatic rings. The van der Waals surface area contributed by atoms with Crippen LogP contribution in [0.3, 0.4) is 0 Å². The minimum Gasteiger partial charge on any atom is -0.349 e. The van der Waals surface area contributed by atoms with E-state index in [1.807, 2.05) is 16.7 Å². The Hall–Kier alpha value is -0.750. The van der Waals surface area contributed by atoms with Gasteiger partial charge in [-0.3, -0.25) is 9.59 Å². The third-order valence-corrected chi connectivity index (χ3v) is 5.19. The van der Waals surface area contributed by atoms with E-state index in [1.165, 1.54) is 0 Å². The van der Waals surface area contributed by atoms with Crippen molar-refractivity contribution in [1.82, 2.24) is 15.1 Å². The molecule has 2 saturated heterocycles. The molecule has 0 aromatic carbocycles. The van der Waals surface area contributed by atoms with Crippen molar-refractivity contribution in [2.24, 2.45) is 5.92 Å². The lowest BCUT2D eigenvalue weighted by atomic mass is 9.95. The summed E-state index contributed by atoms with van der Waals surface area (Å²) < 4.78 is 0. The van der Waals surface area contributed by atoms with Gasteiger partial charge in [0.2, 0.25) is 11.8 Å². The smallest absolute Gasteiger partial charge is 0.225 e. The van der Waals surface area contributed by atoms with Crippen LogP contribution in [0.25, 0.3) is 0 Å². The van der Waals surface area contributed by atoms with E-state index in [9.17, 15) is 9.59 Å². The van der Waals surface area contributed by atoms with E-state index in [4.69, 9.17) is 0 Å². The van der Waals surface area contributed by atoms with Crippen molar-refractivity contribution in [2.75, 3.05) is 45.2 Å². The van der Waals surface area contributed by atoms with Crippen molar-refractivity contribution in [3.8, 4) is 0 Å². The monoisotopic (exact) mass is 299 g/mol. The van der Waals surface area contributed by atoms with Crippen molar-refractivity contribution in [2.45, 2.75) is 25.3 Å². The lowest BCUT2D eigenvalue weighted by molar-refractivity contribution is -0.139. The number of hydrogen-bond donors (Lipinski definition) is 1. The predicted octanol–water partition coefficient (Wildman–Crippen LogP) is 0.408. The molecule has 0 spiro atoms. The quantitative estimate of drug-likeness (QED) is 0.820. The van der Waals surface area contributed by atoms with Crippen LogP contribution in [0.1, 0.15) is 19.3 Å². The molecule has 2 rings (SSSR count). The number of nitrogens with one attached hydrogen (secondary N) is 1. The minimum atomic E-state index is 0.0948. The largest absolute Gasteiger partial charge is 0.349 e. The lowest BCUT2D eigenvalue weighted by Crippen LogP contribution is -2.46. The maximum atomic E-state index is 12.3. The Balaban J connectivity index is 1.75. The Morgan fingerprint density at radius 3 is 2.55 bits per heavy atom. The average Bonchev–Trinajstić information content (AvgIpc) is 2.47. The van der Waals surface area contributed by atoms with Crippen LogP contribution >= 0.6 is 11.8 Å². The summed E-state index contributed by atoms with van der Waals surface area (Å²) in [4.78, 5) is 27.7. The highest BCUT2D eigenvalue weighted by molar-refractivity contribution is 7.99.